The lowest BCUT2D eigenvalue weighted by Gasteiger charge is -2.04. The molecule has 0 aliphatic rings. The number of anilines is 1. The molecular weight excluding hydrogens is 236 g/mol. The summed E-state index contributed by atoms with van der Waals surface area (Å²) in [5.74, 6) is 0. The van der Waals surface area contributed by atoms with Crippen LogP contribution in [0.3, 0.4) is 0 Å². The summed E-state index contributed by atoms with van der Waals surface area (Å²) >= 11 is 1.18. The SMILES string of the molecule is Cc1cc([N+](=O)[O-])sc1NCc1ccccc1. The summed E-state index contributed by atoms with van der Waals surface area (Å²) in [4.78, 5) is 10.3. The van der Waals surface area contributed by atoms with Gasteiger partial charge >= 0.3 is 5.00 Å². The van der Waals surface area contributed by atoms with Gasteiger partial charge in [-0.15, -0.1) is 0 Å². The Morgan fingerprint density at radius 1 is 1.35 bits per heavy atom. The fourth-order valence-corrected chi connectivity index (χ4v) is 2.39. The van der Waals surface area contributed by atoms with Gasteiger partial charge in [-0.2, -0.15) is 0 Å². The van der Waals surface area contributed by atoms with Gasteiger partial charge in [-0.3, -0.25) is 10.1 Å². The van der Waals surface area contributed by atoms with Crippen LogP contribution >= 0.6 is 11.3 Å². The maximum atomic E-state index is 10.6. The summed E-state index contributed by atoms with van der Waals surface area (Å²) in [6.07, 6.45) is 0. The summed E-state index contributed by atoms with van der Waals surface area (Å²) in [7, 11) is 0. The number of nitrogens with zero attached hydrogens (tertiary/aromatic N) is 1. The second-order valence-electron chi connectivity index (χ2n) is 3.69. The molecule has 0 aliphatic carbocycles. The van der Waals surface area contributed by atoms with E-state index >= 15 is 0 Å². The Bertz CT molecular complexity index is 523. The molecule has 1 heterocycles. The lowest BCUT2D eigenvalue weighted by molar-refractivity contribution is -0.380. The minimum Gasteiger partial charge on any atom is -0.372 e. The Morgan fingerprint density at radius 2 is 2.06 bits per heavy atom. The summed E-state index contributed by atoms with van der Waals surface area (Å²) in [5.41, 5.74) is 2.07. The van der Waals surface area contributed by atoms with Crippen molar-refractivity contribution in [1.82, 2.24) is 0 Å². The van der Waals surface area contributed by atoms with E-state index in [0.717, 1.165) is 16.1 Å². The first kappa shape index (κ1) is 11.6. The zero-order chi connectivity index (χ0) is 12.3. The molecule has 0 radical (unpaired) electrons. The first-order chi connectivity index (χ1) is 8.16. The third-order valence-electron chi connectivity index (χ3n) is 2.38. The largest absolute Gasteiger partial charge is 0.372 e. The standard InChI is InChI=1S/C12H12N2O2S/c1-9-7-11(14(15)16)17-12(9)13-8-10-5-3-2-4-6-10/h2-7,13H,8H2,1H3. The highest BCUT2D eigenvalue weighted by atomic mass is 32.1. The minimum atomic E-state index is -0.356. The first-order valence-corrected chi connectivity index (χ1v) is 6.01. The molecule has 1 aromatic carbocycles. The fraction of sp³-hybridized carbons (Fsp3) is 0.167. The van der Waals surface area contributed by atoms with Crippen molar-refractivity contribution in [1.29, 1.82) is 0 Å². The van der Waals surface area contributed by atoms with Gasteiger partial charge in [-0.25, -0.2) is 0 Å². The normalized spacial score (nSPS) is 10.2. The van der Waals surface area contributed by atoms with Gasteiger partial charge in [0.15, 0.2) is 0 Å². The van der Waals surface area contributed by atoms with Crippen LogP contribution in [0.25, 0.3) is 0 Å². The molecule has 0 amide bonds. The molecule has 4 nitrogen and oxygen atoms in total. The first-order valence-electron chi connectivity index (χ1n) is 5.19. The summed E-state index contributed by atoms with van der Waals surface area (Å²) in [6.45, 7) is 2.55. The molecule has 2 aromatic rings. The molecule has 0 aliphatic heterocycles. The van der Waals surface area contributed by atoms with E-state index in [1.165, 1.54) is 11.3 Å². The van der Waals surface area contributed by atoms with Gasteiger partial charge in [-0.1, -0.05) is 30.3 Å². The van der Waals surface area contributed by atoms with Crippen LogP contribution in [0.1, 0.15) is 11.1 Å². The minimum absolute atomic E-state index is 0.179. The molecule has 0 bridgehead atoms. The van der Waals surface area contributed by atoms with E-state index in [1.807, 2.05) is 37.3 Å². The van der Waals surface area contributed by atoms with Crippen LogP contribution in [-0.2, 0) is 6.54 Å². The smallest absolute Gasteiger partial charge is 0.326 e. The van der Waals surface area contributed by atoms with Crippen LogP contribution in [0, 0.1) is 17.0 Å². The number of benzene rings is 1. The van der Waals surface area contributed by atoms with E-state index in [1.54, 1.807) is 6.07 Å². The summed E-state index contributed by atoms with van der Waals surface area (Å²) in [5, 5.41) is 14.9. The van der Waals surface area contributed by atoms with Crippen LogP contribution in [0.2, 0.25) is 0 Å². The number of hydrogen-bond donors (Lipinski definition) is 1. The summed E-state index contributed by atoms with van der Waals surface area (Å²) in [6, 6.07) is 11.5. The highest BCUT2D eigenvalue weighted by Crippen LogP contribution is 2.33. The van der Waals surface area contributed by atoms with Gasteiger partial charge in [0.2, 0.25) is 0 Å². The van der Waals surface area contributed by atoms with Gasteiger partial charge in [0.1, 0.15) is 0 Å². The molecular formula is C12H12N2O2S. The lowest BCUT2D eigenvalue weighted by Crippen LogP contribution is -1.97. The van der Waals surface area contributed by atoms with Crippen molar-refractivity contribution >= 4 is 21.3 Å². The molecule has 0 unspecified atom stereocenters. The van der Waals surface area contributed by atoms with Crippen molar-refractivity contribution in [2.24, 2.45) is 0 Å². The van der Waals surface area contributed by atoms with Gasteiger partial charge in [0.25, 0.3) is 0 Å². The lowest BCUT2D eigenvalue weighted by atomic mass is 10.2. The zero-order valence-electron chi connectivity index (χ0n) is 9.34. The van der Waals surface area contributed by atoms with E-state index in [2.05, 4.69) is 5.32 Å². The second kappa shape index (κ2) is 4.97. The molecule has 0 atom stereocenters. The Labute approximate surface area is 103 Å². The molecule has 0 spiro atoms. The molecule has 88 valence electrons. The van der Waals surface area contributed by atoms with Gasteiger partial charge in [0, 0.05) is 12.6 Å². The van der Waals surface area contributed by atoms with E-state index < -0.39 is 0 Å². The number of rotatable bonds is 4. The van der Waals surface area contributed by atoms with Crippen molar-refractivity contribution in [3.05, 3.63) is 57.6 Å². The third-order valence-corrected chi connectivity index (χ3v) is 3.53. The molecule has 17 heavy (non-hydrogen) atoms. The second-order valence-corrected chi connectivity index (χ2v) is 4.72. The van der Waals surface area contributed by atoms with Crippen molar-refractivity contribution < 1.29 is 4.92 Å². The molecule has 0 saturated heterocycles. The number of thiophene rings is 1. The molecule has 1 aromatic heterocycles. The van der Waals surface area contributed by atoms with E-state index in [4.69, 9.17) is 0 Å². The zero-order valence-corrected chi connectivity index (χ0v) is 10.2. The summed E-state index contributed by atoms with van der Waals surface area (Å²) < 4.78 is 0. The topological polar surface area (TPSA) is 55.2 Å². The van der Waals surface area contributed by atoms with Crippen LogP contribution in [0.4, 0.5) is 10.0 Å². The van der Waals surface area contributed by atoms with Crippen LogP contribution in [0.15, 0.2) is 36.4 Å². The third kappa shape index (κ3) is 2.82. The molecule has 0 fully saturated rings. The fourth-order valence-electron chi connectivity index (χ4n) is 1.51. The monoisotopic (exact) mass is 248 g/mol. The van der Waals surface area contributed by atoms with Crippen LogP contribution in [0.5, 0.6) is 0 Å². The van der Waals surface area contributed by atoms with Gasteiger partial charge in [0.05, 0.1) is 9.92 Å². The maximum absolute atomic E-state index is 10.6. The van der Waals surface area contributed by atoms with Crippen molar-refractivity contribution in [2.75, 3.05) is 5.32 Å². The quantitative estimate of drug-likeness (QED) is 0.664. The van der Waals surface area contributed by atoms with E-state index in [0.29, 0.717) is 6.54 Å². The predicted molar refractivity (Wildman–Crippen MR) is 69.5 cm³/mol. The molecule has 2 rings (SSSR count). The van der Waals surface area contributed by atoms with Crippen molar-refractivity contribution in [3.8, 4) is 0 Å². The number of nitro groups is 1. The van der Waals surface area contributed by atoms with Crippen molar-refractivity contribution in [3.63, 3.8) is 0 Å². The Balaban J connectivity index is 2.07. The number of aryl methyl sites for hydroxylation is 1. The predicted octanol–water partition coefficient (Wildman–Crippen LogP) is 3.58. The highest BCUT2D eigenvalue weighted by Gasteiger charge is 2.13. The Morgan fingerprint density at radius 3 is 2.65 bits per heavy atom. The number of hydrogen-bond acceptors (Lipinski definition) is 4. The van der Waals surface area contributed by atoms with E-state index in [-0.39, 0.29) is 9.92 Å². The van der Waals surface area contributed by atoms with Gasteiger partial charge in [-0.05, 0) is 29.4 Å². The van der Waals surface area contributed by atoms with Crippen molar-refractivity contribution in [2.45, 2.75) is 13.5 Å². The maximum Gasteiger partial charge on any atom is 0.326 e. The average molecular weight is 248 g/mol. The van der Waals surface area contributed by atoms with Crippen LogP contribution in [-0.4, -0.2) is 4.92 Å². The average Bonchev–Trinajstić information content (AvgIpc) is 2.70. The van der Waals surface area contributed by atoms with Gasteiger partial charge < -0.3 is 5.32 Å². The molecule has 5 heteroatoms. The Kier molecular flexibility index (Phi) is 3.39. The Hall–Kier alpha value is -1.88. The molecule has 1 N–H and O–H groups in total. The number of nitrogens with one attached hydrogen (secondary N) is 1. The molecule has 0 saturated carbocycles. The highest BCUT2D eigenvalue weighted by molar-refractivity contribution is 7.19. The van der Waals surface area contributed by atoms with E-state index in [9.17, 15) is 10.1 Å². The van der Waals surface area contributed by atoms with Crippen LogP contribution < -0.4 is 5.32 Å².